The van der Waals surface area contributed by atoms with Gasteiger partial charge >= 0.3 is 5.97 Å². The number of hydrogen-bond donors (Lipinski definition) is 1. The Morgan fingerprint density at radius 3 is 2.54 bits per heavy atom. The summed E-state index contributed by atoms with van der Waals surface area (Å²) in [5, 5.41) is 10.3. The largest absolute Gasteiger partial charge is 0.469 e. The molecule has 1 N–H and O–H groups in total. The van der Waals surface area contributed by atoms with Crippen molar-refractivity contribution in [2.75, 3.05) is 33.3 Å². The summed E-state index contributed by atoms with van der Waals surface area (Å²) in [6.45, 7) is 1.79. The molecule has 7 nitrogen and oxygen atoms in total. The van der Waals surface area contributed by atoms with Crippen molar-refractivity contribution in [3.63, 3.8) is 0 Å². The molecule has 0 radical (unpaired) electrons. The van der Waals surface area contributed by atoms with Gasteiger partial charge in [0.2, 0.25) is 10.0 Å². The first-order chi connectivity index (χ1) is 12.3. The van der Waals surface area contributed by atoms with Crippen LogP contribution < -0.4 is 0 Å². The summed E-state index contributed by atoms with van der Waals surface area (Å²) in [5.41, 5.74) is 0. The minimum Gasteiger partial charge on any atom is -0.469 e. The molecule has 9 heteroatoms. The van der Waals surface area contributed by atoms with Crippen LogP contribution in [0.2, 0.25) is 0 Å². The molecule has 26 heavy (non-hydrogen) atoms. The number of aliphatic hydroxyl groups excluding tert-OH is 1. The molecular weight excluding hydrogens is 424 g/mol. The number of nitrogens with zero attached hydrogens (tertiary/aromatic N) is 2. The van der Waals surface area contributed by atoms with Gasteiger partial charge in [0.05, 0.1) is 24.0 Å². The number of hydrogen-bond acceptors (Lipinski definition) is 6. The van der Waals surface area contributed by atoms with E-state index in [-0.39, 0.29) is 22.8 Å². The van der Waals surface area contributed by atoms with E-state index in [0.717, 1.165) is 4.47 Å². The van der Waals surface area contributed by atoms with E-state index in [4.69, 9.17) is 4.74 Å². The predicted octanol–water partition coefficient (Wildman–Crippen LogP) is 1.07. The molecule has 0 bridgehead atoms. The van der Waals surface area contributed by atoms with Crippen LogP contribution in [0.5, 0.6) is 0 Å². The van der Waals surface area contributed by atoms with E-state index < -0.39 is 16.1 Å². The van der Waals surface area contributed by atoms with E-state index in [1.54, 1.807) is 24.3 Å². The van der Waals surface area contributed by atoms with Crippen LogP contribution in [0.3, 0.4) is 0 Å². The monoisotopic (exact) mass is 446 g/mol. The SMILES string of the molecule is COC(=O)[C@@H]1C[C@@H](O)[C@H](N2CCN(S(=O)(=O)c3cccc(Br)c3)CC2)C1. The van der Waals surface area contributed by atoms with Crippen molar-refractivity contribution in [2.45, 2.75) is 29.9 Å². The lowest BCUT2D eigenvalue weighted by Gasteiger charge is -2.38. The Hall–Kier alpha value is -1.00. The molecule has 0 amide bonds. The molecule has 1 aromatic rings. The number of piperazine rings is 1. The molecule has 144 valence electrons. The second-order valence-electron chi connectivity index (χ2n) is 6.72. The Morgan fingerprint density at radius 1 is 1.23 bits per heavy atom. The van der Waals surface area contributed by atoms with Gasteiger partial charge in [0.25, 0.3) is 0 Å². The molecule has 1 aliphatic heterocycles. The van der Waals surface area contributed by atoms with Crippen LogP contribution in [-0.2, 0) is 19.6 Å². The number of ether oxygens (including phenoxy) is 1. The van der Waals surface area contributed by atoms with Gasteiger partial charge in [0.15, 0.2) is 0 Å². The van der Waals surface area contributed by atoms with Crippen LogP contribution in [0.25, 0.3) is 0 Å². The number of sulfonamides is 1. The third kappa shape index (κ3) is 3.96. The molecule has 0 aromatic heterocycles. The highest BCUT2D eigenvalue weighted by Crippen LogP contribution is 2.32. The minimum atomic E-state index is -3.53. The summed E-state index contributed by atoms with van der Waals surface area (Å²) in [4.78, 5) is 14.1. The van der Waals surface area contributed by atoms with Crippen molar-refractivity contribution >= 4 is 31.9 Å². The highest BCUT2D eigenvalue weighted by molar-refractivity contribution is 9.10. The van der Waals surface area contributed by atoms with Gasteiger partial charge in [-0.2, -0.15) is 4.31 Å². The quantitative estimate of drug-likeness (QED) is 0.695. The fourth-order valence-corrected chi connectivity index (χ4v) is 5.82. The third-order valence-corrected chi connectivity index (χ3v) is 7.59. The zero-order chi connectivity index (χ0) is 18.9. The molecule has 0 spiro atoms. The normalized spacial score (nSPS) is 28.2. The zero-order valence-corrected chi connectivity index (χ0v) is 16.9. The fraction of sp³-hybridized carbons (Fsp3) is 0.588. The van der Waals surface area contributed by atoms with Crippen LogP contribution in [0.4, 0.5) is 0 Å². The molecule has 1 heterocycles. The molecule has 3 rings (SSSR count). The number of rotatable bonds is 4. The zero-order valence-electron chi connectivity index (χ0n) is 14.5. The fourth-order valence-electron chi connectivity index (χ4n) is 3.80. The van der Waals surface area contributed by atoms with Crippen LogP contribution in [0.15, 0.2) is 33.6 Å². The Kier molecular flexibility index (Phi) is 6.03. The lowest BCUT2D eigenvalue weighted by Crippen LogP contribution is -2.53. The van der Waals surface area contributed by atoms with Crippen molar-refractivity contribution in [1.82, 2.24) is 9.21 Å². The van der Waals surface area contributed by atoms with Crippen LogP contribution in [0.1, 0.15) is 12.8 Å². The van der Waals surface area contributed by atoms with Gasteiger partial charge in [-0.1, -0.05) is 22.0 Å². The first-order valence-corrected chi connectivity index (χ1v) is 10.8. The van der Waals surface area contributed by atoms with Gasteiger partial charge in [-0.15, -0.1) is 0 Å². The van der Waals surface area contributed by atoms with Gasteiger partial charge in [-0.25, -0.2) is 8.42 Å². The third-order valence-electron chi connectivity index (χ3n) is 5.21. The van der Waals surface area contributed by atoms with Crippen LogP contribution in [-0.4, -0.2) is 74.1 Å². The standard InChI is InChI=1S/C17H23BrN2O5S/c1-25-17(22)12-9-15(16(21)10-12)19-5-7-20(8-6-19)26(23,24)14-4-2-3-13(18)11-14/h2-4,11-12,15-16,21H,5-10H2,1H3/t12-,15+,16+/m0/s1. The van der Waals surface area contributed by atoms with E-state index in [1.807, 2.05) is 0 Å². The van der Waals surface area contributed by atoms with Crippen molar-refractivity contribution < 1.29 is 23.1 Å². The Labute approximate surface area is 162 Å². The highest BCUT2D eigenvalue weighted by Gasteiger charge is 2.42. The molecule has 1 aliphatic carbocycles. The Bertz CT molecular complexity index is 764. The van der Waals surface area contributed by atoms with Gasteiger partial charge in [0, 0.05) is 36.7 Å². The maximum absolute atomic E-state index is 12.8. The molecule has 1 saturated heterocycles. The summed E-state index contributed by atoms with van der Waals surface area (Å²) < 4.78 is 32.6. The number of carbonyl (C=O) groups is 1. The number of benzene rings is 1. The average Bonchev–Trinajstić information content (AvgIpc) is 3.03. The van der Waals surface area contributed by atoms with Gasteiger partial charge in [0.1, 0.15) is 0 Å². The highest BCUT2D eigenvalue weighted by atomic mass is 79.9. The molecule has 3 atom stereocenters. The van der Waals surface area contributed by atoms with Crippen LogP contribution >= 0.6 is 15.9 Å². The predicted molar refractivity (Wildman–Crippen MR) is 99.0 cm³/mol. The van der Waals surface area contributed by atoms with Gasteiger partial charge < -0.3 is 9.84 Å². The second kappa shape index (κ2) is 7.93. The lowest BCUT2D eigenvalue weighted by atomic mass is 10.1. The van der Waals surface area contributed by atoms with Crippen molar-refractivity contribution in [3.05, 3.63) is 28.7 Å². The summed E-state index contributed by atoms with van der Waals surface area (Å²) >= 11 is 3.31. The molecule has 2 aliphatic rings. The first-order valence-electron chi connectivity index (χ1n) is 8.58. The van der Waals surface area contributed by atoms with Crippen molar-refractivity contribution in [3.8, 4) is 0 Å². The molecule has 1 saturated carbocycles. The van der Waals surface area contributed by atoms with E-state index in [1.165, 1.54) is 11.4 Å². The molecule has 2 fully saturated rings. The van der Waals surface area contributed by atoms with E-state index in [0.29, 0.717) is 39.0 Å². The summed E-state index contributed by atoms with van der Waals surface area (Å²) in [5.74, 6) is -0.578. The van der Waals surface area contributed by atoms with E-state index in [2.05, 4.69) is 20.8 Å². The Balaban J connectivity index is 1.63. The van der Waals surface area contributed by atoms with Gasteiger partial charge in [-0.3, -0.25) is 9.69 Å². The number of aliphatic hydroxyl groups is 1. The van der Waals surface area contributed by atoms with E-state index in [9.17, 15) is 18.3 Å². The summed E-state index contributed by atoms with van der Waals surface area (Å²) in [6.07, 6.45) is 0.354. The number of methoxy groups -OCH3 is 1. The maximum atomic E-state index is 12.8. The molecule has 0 unspecified atom stereocenters. The van der Waals surface area contributed by atoms with Gasteiger partial charge in [-0.05, 0) is 31.0 Å². The summed E-state index contributed by atoms with van der Waals surface area (Å²) in [6, 6.07) is 6.55. The Morgan fingerprint density at radius 2 is 1.92 bits per heavy atom. The van der Waals surface area contributed by atoms with Crippen LogP contribution in [0, 0.1) is 5.92 Å². The number of halogens is 1. The first kappa shape index (κ1) is 19.8. The van der Waals surface area contributed by atoms with Crippen molar-refractivity contribution in [2.24, 2.45) is 5.92 Å². The summed E-state index contributed by atoms with van der Waals surface area (Å²) in [7, 11) is -2.18. The smallest absolute Gasteiger partial charge is 0.308 e. The second-order valence-corrected chi connectivity index (χ2v) is 9.58. The lowest BCUT2D eigenvalue weighted by molar-refractivity contribution is -0.145. The topological polar surface area (TPSA) is 87.2 Å². The molecule has 1 aromatic carbocycles. The van der Waals surface area contributed by atoms with E-state index >= 15 is 0 Å². The number of carbonyl (C=O) groups excluding carboxylic acids is 1. The minimum absolute atomic E-state index is 0.130. The maximum Gasteiger partial charge on any atom is 0.308 e. The number of esters is 1. The van der Waals surface area contributed by atoms with Crippen molar-refractivity contribution in [1.29, 1.82) is 0 Å². The molecular formula is C17H23BrN2O5S. The average molecular weight is 447 g/mol.